The number of aryl methyl sites for hydroxylation is 1. The van der Waals surface area contributed by atoms with Gasteiger partial charge in [0.05, 0.1) is 6.10 Å². The van der Waals surface area contributed by atoms with E-state index in [1.54, 1.807) is 0 Å². The van der Waals surface area contributed by atoms with Crippen LogP contribution in [-0.4, -0.2) is 32.1 Å². The topological polar surface area (TPSA) is 50.4 Å². The van der Waals surface area contributed by atoms with Gasteiger partial charge in [0.15, 0.2) is 0 Å². The fourth-order valence-corrected chi connectivity index (χ4v) is 3.64. The summed E-state index contributed by atoms with van der Waals surface area (Å²) < 4.78 is 6.03. The number of rotatable bonds is 4. The van der Waals surface area contributed by atoms with Gasteiger partial charge in [0.1, 0.15) is 0 Å². The minimum absolute atomic E-state index is 0. The van der Waals surface area contributed by atoms with Crippen molar-refractivity contribution < 1.29 is 9.53 Å². The number of nitrogens with one attached hydrogen (secondary N) is 2. The van der Waals surface area contributed by atoms with Crippen molar-refractivity contribution in [3.8, 4) is 0 Å². The van der Waals surface area contributed by atoms with Crippen LogP contribution in [0.2, 0.25) is 0 Å². The second-order valence-electron chi connectivity index (χ2n) is 6.87. The zero-order valence-corrected chi connectivity index (χ0v) is 15.2. The van der Waals surface area contributed by atoms with E-state index in [-0.39, 0.29) is 30.3 Å². The second-order valence-corrected chi connectivity index (χ2v) is 6.87. The van der Waals surface area contributed by atoms with Crippen LogP contribution < -0.4 is 10.6 Å². The van der Waals surface area contributed by atoms with Gasteiger partial charge in [0.25, 0.3) is 0 Å². The molecule has 0 radical (unpaired) electrons. The summed E-state index contributed by atoms with van der Waals surface area (Å²) in [5.74, 6) is 0.774. The highest BCUT2D eigenvalue weighted by atomic mass is 35.5. The third kappa shape index (κ3) is 4.95. The van der Waals surface area contributed by atoms with E-state index >= 15 is 0 Å². The summed E-state index contributed by atoms with van der Waals surface area (Å²) in [4.78, 5) is 12.3. The summed E-state index contributed by atoms with van der Waals surface area (Å²) in [6.07, 6.45) is 4.21. The Morgan fingerprint density at radius 3 is 2.62 bits per heavy atom. The zero-order valence-electron chi connectivity index (χ0n) is 14.4. The van der Waals surface area contributed by atoms with Gasteiger partial charge in [-0.05, 0) is 51.3 Å². The Labute approximate surface area is 151 Å². The molecular formula is C19H29ClN2O2. The quantitative estimate of drug-likeness (QED) is 0.875. The predicted octanol–water partition coefficient (Wildman–Crippen LogP) is 3.00. The first-order valence-corrected chi connectivity index (χ1v) is 8.90. The largest absolute Gasteiger partial charge is 0.373 e. The lowest BCUT2D eigenvalue weighted by atomic mass is 9.88. The molecule has 2 aliphatic rings. The number of halogens is 1. The number of hydrogen-bond donors (Lipinski definition) is 2. The molecule has 5 heteroatoms. The smallest absolute Gasteiger partial charge is 0.223 e. The minimum atomic E-state index is 0. The van der Waals surface area contributed by atoms with Crippen LogP contribution in [0.1, 0.15) is 42.9 Å². The van der Waals surface area contributed by atoms with Crippen LogP contribution in [-0.2, 0) is 9.53 Å². The van der Waals surface area contributed by atoms with Gasteiger partial charge in [-0.15, -0.1) is 12.4 Å². The molecule has 1 aromatic carbocycles. The summed E-state index contributed by atoms with van der Waals surface area (Å²) in [5, 5.41) is 6.49. The zero-order chi connectivity index (χ0) is 16.1. The average Bonchev–Trinajstić information content (AvgIpc) is 2.61. The highest BCUT2D eigenvalue weighted by molar-refractivity contribution is 5.85. The van der Waals surface area contributed by atoms with Gasteiger partial charge in [-0.25, -0.2) is 0 Å². The van der Waals surface area contributed by atoms with Crippen LogP contribution in [0.15, 0.2) is 24.3 Å². The van der Waals surface area contributed by atoms with Gasteiger partial charge in [0, 0.05) is 25.0 Å². The maximum absolute atomic E-state index is 12.3. The molecule has 1 amide bonds. The van der Waals surface area contributed by atoms with Gasteiger partial charge in [-0.2, -0.15) is 0 Å². The van der Waals surface area contributed by atoms with Crippen molar-refractivity contribution in [1.29, 1.82) is 0 Å². The van der Waals surface area contributed by atoms with E-state index in [4.69, 9.17) is 4.74 Å². The van der Waals surface area contributed by atoms with Crippen LogP contribution in [0.5, 0.6) is 0 Å². The molecule has 2 unspecified atom stereocenters. The molecule has 2 heterocycles. The maximum Gasteiger partial charge on any atom is 0.223 e. The monoisotopic (exact) mass is 352 g/mol. The Bertz CT molecular complexity index is 515. The number of carbonyl (C=O) groups is 1. The molecule has 0 aliphatic carbocycles. The standard InChI is InChI=1S/C19H28N2O2.ClH/c1-14-4-6-15(7-5-14)18-17(3-2-12-23-18)13-21-19(22)16-8-10-20-11-9-16;/h4-7,16-18,20H,2-3,8-13H2,1H3,(H,21,22);1H. The summed E-state index contributed by atoms with van der Waals surface area (Å²) >= 11 is 0. The fraction of sp³-hybridized carbons (Fsp3) is 0.632. The Morgan fingerprint density at radius 1 is 1.21 bits per heavy atom. The predicted molar refractivity (Wildman–Crippen MR) is 98.4 cm³/mol. The van der Waals surface area contributed by atoms with E-state index in [9.17, 15) is 4.79 Å². The van der Waals surface area contributed by atoms with E-state index in [1.165, 1.54) is 11.1 Å². The molecule has 3 rings (SSSR count). The summed E-state index contributed by atoms with van der Waals surface area (Å²) in [5.41, 5.74) is 2.50. The highest BCUT2D eigenvalue weighted by Gasteiger charge is 2.29. The van der Waals surface area contributed by atoms with Crippen molar-refractivity contribution in [2.24, 2.45) is 11.8 Å². The number of hydrogen-bond acceptors (Lipinski definition) is 3. The van der Waals surface area contributed by atoms with Gasteiger partial charge in [-0.3, -0.25) is 4.79 Å². The van der Waals surface area contributed by atoms with Crippen molar-refractivity contribution >= 4 is 18.3 Å². The Kier molecular flexibility index (Phi) is 7.53. The van der Waals surface area contributed by atoms with Gasteiger partial charge in [0.2, 0.25) is 5.91 Å². The molecule has 0 spiro atoms. The number of benzene rings is 1. The molecule has 2 fully saturated rings. The molecule has 0 aromatic heterocycles. The van der Waals surface area contributed by atoms with Crippen LogP contribution in [0.4, 0.5) is 0 Å². The van der Waals surface area contributed by atoms with E-state index in [1.807, 2.05) is 0 Å². The highest BCUT2D eigenvalue weighted by Crippen LogP contribution is 2.33. The fourth-order valence-electron chi connectivity index (χ4n) is 3.64. The van der Waals surface area contributed by atoms with E-state index in [0.29, 0.717) is 5.92 Å². The first-order valence-electron chi connectivity index (χ1n) is 8.90. The van der Waals surface area contributed by atoms with Gasteiger partial charge >= 0.3 is 0 Å². The lowest BCUT2D eigenvalue weighted by Gasteiger charge is -2.33. The summed E-state index contributed by atoms with van der Waals surface area (Å²) in [6.45, 7) is 5.55. The van der Waals surface area contributed by atoms with Crippen LogP contribution >= 0.6 is 12.4 Å². The number of carbonyl (C=O) groups excluding carboxylic acids is 1. The molecule has 2 saturated heterocycles. The normalized spacial score (nSPS) is 24.9. The molecule has 1 aromatic rings. The van der Waals surface area contributed by atoms with Crippen molar-refractivity contribution in [2.45, 2.75) is 38.7 Å². The van der Waals surface area contributed by atoms with Crippen LogP contribution in [0.3, 0.4) is 0 Å². The molecule has 4 nitrogen and oxygen atoms in total. The van der Waals surface area contributed by atoms with E-state index in [0.717, 1.165) is 51.9 Å². The first kappa shape index (κ1) is 19.2. The SMILES string of the molecule is Cc1ccc(C2OCCCC2CNC(=O)C2CCNCC2)cc1.Cl. The molecule has 0 bridgehead atoms. The van der Waals surface area contributed by atoms with Crippen molar-refractivity contribution in [2.75, 3.05) is 26.2 Å². The molecule has 134 valence electrons. The number of ether oxygens (including phenoxy) is 1. The summed E-state index contributed by atoms with van der Waals surface area (Å²) in [7, 11) is 0. The average molecular weight is 353 g/mol. The Hall–Kier alpha value is -1.10. The molecule has 24 heavy (non-hydrogen) atoms. The minimum Gasteiger partial charge on any atom is -0.373 e. The number of amides is 1. The van der Waals surface area contributed by atoms with Crippen molar-refractivity contribution in [3.05, 3.63) is 35.4 Å². The van der Waals surface area contributed by atoms with Crippen molar-refractivity contribution in [3.63, 3.8) is 0 Å². The van der Waals surface area contributed by atoms with Gasteiger partial charge in [-0.1, -0.05) is 29.8 Å². The van der Waals surface area contributed by atoms with Gasteiger partial charge < -0.3 is 15.4 Å². The first-order chi connectivity index (χ1) is 11.2. The van der Waals surface area contributed by atoms with E-state index in [2.05, 4.69) is 41.8 Å². The maximum atomic E-state index is 12.3. The number of piperidine rings is 1. The molecule has 2 N–H and O–H groups in total. The van der Waals surface area contributed by atoms with E-state index < -0.39 is 0 Å². The van der Waals surface area contributed by atoms with Crippen molar-refractivity contribution in [1.82, 2.24) is 10.6 Å². The lowest BCUT2D eigenvalue weighted by molar-refractivity contribution is -0.126. The molecular weight excluding hydrogens is 324 g/mol. The Balaban J connectivity index is 0.00000208. The third-order valence-corrected chi connectivity index (χ3v) is 5.10. The second kappa shape index (κ2) is 9.40. The molecule has 2 aliphatic heterocycles. The third-order valence-electron chi connectivity index (χ3n) is 5.10. The molecule has 2 atom stereocenters. The lowest BCUT2D eigenvalue weighted by Crippen LogP contribution is -2.41. The Morgan fingerprint density at radius 2 is 1.92 bits per heavy atom. The summed E-state index contributed by atoms with van der Waals surface area (Å²) in [6, 6.07) is 8.59. The molecule has 0 saturated carbocycles. The van der Waals surface area contributed by atoms with Crippen LogP contribution in [0, 0.1) is 18.8 Å². The van der Waals surface area contributed by atoms with Crippen LogP contribution in [0.25, 0.3) is 0 Å².